The number of rotatable bonds is 3. The van der Waals surface area contributed by atoms with Crippen molar-refractivity contribution in [3.8, 4) is 0 Å². The Hall–Kier alpha value is -1.10. The van der Waals surface area contributed by atoms with Crippen molar-refractivity contribution in [2.75, 3.05) is 26.3 Å². The van der Waals surface area contributed by atoms with E-state index in [1.54, 1.807) is 6.92 Å². The summed E-state index contributed by atoms with van der Waals surface area (Å²) in [7, 11) is 0. The molecule has 0 radical (unpaired) electrons. The molecule has 2 saturated heterocycles. The van der Waals surface area contributed by atoms with Gasteiger partial charge in [-0.2, -0.15) is 0 Å². The molecule has 0 aliphatic carbocycles. The fourth-order valence-corrected chi connectivity index (χ4v) is 3.20. The second-order valence-corrected chi connectivity index (χ2v) is 5.32. The molecular formula is C14H23NO4. The Kier molecular flexibility index (Phi) is 5.19. The zero-order valence-electron chi connectivity index (χ0n) is 11.6. The minimum Gasteiger partial charge on any atom is -0.458 e. The number of carbonyl (C=O) groups excluding carboxylic acids is 2. The third-order valence-corrected chi connectivity index (χ3v) is 4.10. The number of ether oxygens (including phenoxy) is 2. The molecule has 108 valence electrons. The maximum atomic E-state index is 11.4. The van der Waals surface area contributed by atoms with E-state index in [9.17, 15) is 9.59 Å². The first kappa shape index (κ1) is 14.3. The highest BCUT2D eigenvalue weighted by molar-refractivity contribution is 6.29. The molecule has 5 nitrogen and oxygen atoms in total. The smallest absolute Gasteiger partial charge is 0.417 e. The lowest BCUT2D eigenvalue weighted by Crippen LogP contribution is -2.49. The van der Waals surface area contributed by atoms with E-state index >= 15 is 0 Å². The van der Waals surface area contributed by atoms with Gasteiger partial charge in [-0.15, -0.1) is 0 Å². The molecule has 2 fully saturated rings. The maximum Gasteiger partial charge on any atom is 0.417 e. The van der Waals surface area contributed by atoms with Crippen molar-refractivity contribution in [1.82, 2.24) is 4.90 Å². The van der Waals surface area contributed by atoms with Gasteiger partial charge < -0.3 is 9.47 Å². The molecule has 2 atom stereocenters. The first-order valence-electron chi connectivity index (χ1n) is 7.30. The number of fused-ring (bicyclic) bond motifs is 1. The summed E-state index contributed by atoms with van der Waals surface area (Å²) < 4.78 is 9.73. The molecule has 0 saturated carbocycles. The summed E-state index contributed by atoms with van der Waals surface area (Å²) in [5.41, 5.74) is 0. The van der Waals surface area contributed by atoms with Crippen molar-refractivity contribution in [2.24, 2.45) is 5.92 Å². The Balaban J connectivity index is 1.81. The standard InChI is InChI=1S/C14H23NO4/c1-2-18-13(16)14(17)19-10-11-6-5-9-15-8-4-3-7-12(11)15/h11-12H,2-10H2,1H3/t11-,12-/m1/s1. The Labute approximate surface area is 114 Å². The number of hydrogen-bond donors (Lipinski definition) is 0. The predicted molar refractivity (Wildman–Crippen MR) is 69.5 cm³/mol. The van der Waals surface area contributed by atoms with Gasteiger partial charge in [0.25, 0.3) is 0 Å². The summed E-state index contributed by atoms with van der Waals surface area (Å²) in [5.74, 6) is -1.36. The molecule has 0 aromatic heterocycles. The normalized spacial score (nSPS) is 27.4. The van der Waals surface area contributed by atoms with Crippen LogP contribution in [0.4, 0.5) is 0 Å². The number of nitrogens with zero attached hydrogens (tertiary/aromatic N) is 1. The van der Waals surface area contributed by atoms with E-state index in [0.29, 0.717) is 18.6 Å². The lowest BCUT2D eigenvalue weighted by Gasteiger charge is -2.44. The highest BCUT2D eigenvalue weighted by atomic mass is 16.6. The van der Waals surface area contributed by atoms with E-state index in [0.717, 1.165) is 25.9 Å². The Morgan fingerprint density at radius 3 is 2.58 bits per heavy atom. The fraction of sp³-hybridized carbons (Fsp3) is 0.857. The van der Waals surface area contributed by atoms with Crippen molar-refractivity contribution in [2.45, 2.75) is 45.1 Å². The van der Waals surface area contributed by atoms with E-state index < -0.39 is 11.9 Å². The lowest BCUT2D eigenvalue weighted by molar-refractivity contribution is -0.169. The number of piperidine rings is 2. The highest BCUT2D eigenvalue weighted by Crippen LogP contribution is 2.30. The molecular weight excluding hydrogens is 246 g/mol. The van der Waals surface area contributed by atoms with E-state index in [1.807, 2.05) is 0 Å². The molecule has 0 aromatic rings. The first-order chi connectivity index (χ1) is 9.22. The summed E-state index contributed by atoms with van der Waals surface area (Å²) in [6.07, 6.45) is 5.94. The Morgan fingerprint density at radius 2 is 1.79 bits per heavy atom. The van der Waals surface area contributed by atoms with Gasteiger partial charge in [-0.3, -0.25) is 4.90 Å². The van der Waals surface area contributed by atoms with Gasteiger partial charge in [0.2, 0.25) is 0 Å². The van der Waals surface area contributed by atoms with Crippen molar-refractivity contribution < 1.29 is 19.1 Å². The van der Waals surface area contributed by atoms with Gasteiger partial charge in [-0.05, 0) is 45.7 Å². The molecule has 0 N–H and O–H groups in total. The Bertz CT molecular complexity index is 329. The molecule has 2 aliphatic rings. The largest absolute Gasteiger partial charge is 0.458 e. The summed E-state index contributed by atoms with van der Waals surface area (Å²) >= 11 is 0. The fourth-order valence-electron chi connectivity index (χ4n) is 3.20. The molecule has 5 heteroatoms. The first-order valence-corrected chi connectivity index (χ1v) is 7.30. The van der Waals surface area contributed by atoms with Crippen LogP contribution >= 0.6 is 0 Å². The van der Waals surface area contributed by atoms with Gasteiger partial charge in [0.05, 0.1) is 13.2 Å². The summed E-state index contributed by atoms with van der Waals surface area (Å²) in [6, 6.07) is 0.525. The summed E-state index contributed by atoms with van der Waals surface area (Å²) in [6.45, 7) is 4.54. The molecule has 2 aliphatic heterocycles. The Morgan fingerprint density at radius 1 is 1.05 bits per heavy atom. The molecule has 0 unspecified atom stereocenters. The van der Waals surface area contributed by atoms with Crippen molar-refractivity contribution in [1.29, 1.82) is 0 Å². The van der Waals surface area contributed by atoms with Crippen LogP contribution in [0.3, 0.4) is 0 Å². The van der Waals surface area contributed by atoms with Crippen LogP contribution in [-0.4, -0.2) is 49.2 Å². The quantitative estimate of drug-likeness (QED) is 0.572. The predicted octanol–water partition coefficient (Wildman–Crippen LogP) is 1.36. The zero-order chi connectivity index (χ0) is 13.7. The van der Waals surface area contributed by atoms with Crippen molar-refractivity contribution in [3.63, 3.8) is 0 Å². The average molecular weight is 269 g/mol. The second kappa shape index (κ2) is 6.89. The minimum atomic E-state index is -0.876. The van der Waals surface area contributed by atoms with E-state index in [2.05, 4.69) is 9.64 Å². The van der Waals surface area contributed by atoms with Gasteiger partial charge in [-0.1, -0.05) is 6.42 Å². The lowest BCUT2D eigenvalue weighted by atomic mass is 9.84. The van der Waals surface area contributed by atoms with Crippen LogP contribution < -0.4 is 0 Å². The topological polar surface area (TPSA) is 55.8 Å². The molecule has 0 spiro atoms. The van der Waals surface area contributed by atoms with Gasteiger partial charge >= 0.3 is 11.9 Å². The monoisotopic (exact) mass is 269 g/mol. The summed E-state index contributed by atoms with van der Waals surface area (Å²) in [4.78, 5) is 25.1. The van der Waals surface area contributed by atoms with Gasteiger partial charge in [-0.25, -0.2) is 9.59 Å². The summed E-state index contributed by atoms with van der Waals surface area (Å²) in [5, 5.41) is 0. The van der Waals surface area contributed by atoms with Crippen molar-refractivity contribution in [3.05, 3.63) is 0 Å². The van der Waals surface area contributed by atoms with E-state index in [4.69, 9.17) is 4.74 Å². The van der Waals surface area contributed by atoms with Gasteiger partial charge in [0, 0.05) is 12.0 Å². The third-order valence-electron chi connectivity index (χ3n) is 4.10. The maximum absolute atomic E-state index is 11.4. The van der Waals surface area contributed by atoms with Crippen molar-refractivity contribution >= 4 is 11.9 Å². The van der Waals surface area contributed by atoms with Gasteiger partial charge in [0.1, 0.15) is 0 Å². The highest BCUT2D eigenvalue weighted by Gasteiger charge is 2.34. The molecule has 0 aromatic carbocycles. The van der Waals surface area contributed by atoms with Crippen LogP contribution in [0.15, 0.2) is 0 Å². The van der Waals surface area contributed by atoms with Crippen LogP contribution in [-0.2, 0) is 19.1 Å². The number of hydrogen-bond acceptors (Lipinski definition) is 5. The number of carbonyl (C=O) groups is 2. The molecule has 0 amide bonds. The van der Waals surface area contributed by atoms with Crippen LogP contribution in [0.25, 0.3) is 0 Å². The van der Waals surface area contributed by atoms with E-state index in [-0.39, 0.29) is 6.61 Å². The van der Waals surface area contributed by atoms with Crippen LogP contribution in [0, 0.1) is 5.92 Å². The van der Waals surface area contributed by atoms with Crippen LogP contribution in [0.1, 0.15) is 39.0 Å². The average Bonchev–Trinajstić information content (AvgIpc) is 2.45. The minimum absolute atomic E-state index is 0.202. The molecule has 2 heterocycles. The second-order valence-electron chi connectivity index (χ2n) is 5.32. The molecule has 0 bridgehead atoms. The number of esters is 2. The van der Waals surface area contributed by atoms with Crippen LogP contribution in [0.2, 0.25) is 0 Å². The third kappa shape index (κ3) is 3.69. The van der Waals surface area contributed by atoms with E-state index in [1.165, 1.54) is 19.3 Å². The molecule has 19 heavy (non-hydrogen) atoms. The SMILES string of the molecule is CCOC(=O)C(=O)OC[C@H]1CCCN2CCCC[C@H]12. The zero-order valence-corrected chi connectivity index (χ0v) is 11.6. The molecule has 2 rings (SSSR count). The van der Waals surface area contributed by atoms with Gasteiger partial charge in [0.15, 0.2) is 0 Å². The van der Waals surface area contributed by atoms with Crippen LogP contribution in [0.5, 0.6) is 0 Å².